The van der Waals surface area contributed by atoms with Gasteiger partial charge < -0.3 is 14.6 Å². The first-order valence-corrected chi connectivity index (χ1v) is 10.5. The summed E-state index contributed by atoms with van der Waals surface area (Å²) >= 11 is 0. The molecule has 6 heteroatoms. The number of aliphatic carboxylic acids is 1. The van der Waals surface area contributed by atoms with E-state index in [4.69, 9.17) is 9.47 Å². The molecule has 1 fully saturated rings. The van der Waals surface area contributed by atoms with Gasteiger partial charge in [0.2, 0.25) is 0 Å². The van der Waals surface area contributed by atoms with Crippen molar-refractivity contribution in [3.63, 3.8) is 0 Å². The highest BCUT2D eigenvalue weighted by atomic mass is 16.5. The Balaban J connectivity index is 1.94. The van der Waals surface area contributed by atoms with Crippen molar-refractivity contribution in [1.82, 2.24) is 0 Å². The van der Waals surface area contributed by atoms with Gasteiger partial charge in [-0.2, -0.15) is 5.26 Å². The molecule has 0 amide bonds. The normalized spacial score (nSPS) is 22.2. The van der Waals surface area contributed by atoms with E-state index in [9.17, 15) is 20.0 Å². The maximum absolute atomic E-state index is 12.5. The summed E-state index contributed by atoms with van der Waals surface area (Å²) in [4.78, 5) is 24.5. The van der Waals surface area contributed by atoms with Gasteiger partial charge in [-0.1, -0.05) is 50.3 Å². The summed E-state index contributed by atoms with van der Waals surface area (Å²) in [6.45, 7) is 7.09. The van der Waals surface area contributed by atoms with Gasteiger partial charge in [-0.25, -0.2) is 4.79 Å². The van der Waals surface area contributed by atoms with Crippen LogP contribution in [0.15, 0.2) is 66.7 Å². The highest BCUT2D eigenvalue weighted by Gasteiger charge is 2.78. The number of ether oxygens (including phenoxy) is 2. The zero-order valence-electron chi connectivity index (χ0n) is 18.6. The molecule has 3 rings (SSSR count). The summed E-state index contributed by atoms with van der Waals surface area (Å²) in [7, 11) is 0. The number of carbonyl (C=O) groups is 2. The van der Waals surface area contributed by atoms with Crippen molar-refractivity contribution in [2.75, 3.05) is 0 Å². The standard InChI is InChI=1S/C26H27NO5/c1-17(2)31-23(28)14-13-22-25(3,4)26(22,24(29)30)21(16-27)18-9-8-12-20(15-18)32-19-10-6-5-7-11-19/h5-15,17,21-22H,1-4H3,(H,29,30)/b14-13-/t21-,22-,26+/m0/s1. The smallest absolute Gasteiger partial charge is 0.330 e. The molecule has 0 radical (unpaired) electrons. The number of carboxylic acid groups (broad SMARTS) is 1. The van der Waals surface area contributed by atoms with Gasteiger partial charge >= 0.3 is 11.9 Å². The number of para-hydroxylation sites is 1. The Morgan fingerprint density at radius 2 is 1.75 bits per heavy atom. The summed E-state index contributed by atoms with van der Waals surface area (Å²) in [6.07, 6.45) is 2.55. The van der Waals surface area contributed by atoms with E-state index in [1.54, 1.807) is 58.0 Å². The Bertz CT molecular complexity index is 1070. The highest BCUT2D eigenvalue weighted by Crippen LogP contribution is 2.75. The molecule has 6 nitrogen and oxygen atoms in total. The van der Waals surface area contributed by atoms with Gasteiger partial charge in [-0.3, -0.25) is 4.79 Å². The number of hydrogen-bond acceptors (Lipinski definition) is 5. The molecular formula is C26H27NO5. The first kappa shape index (κ1) is 23.1. The lowest BCUT2D eigenvalue weighted by Crippen LogP contribution is -2.28. The largest absolute Gasteiger partial charge is 0.481 e. The topological polar surface area (TPSA) is 96.6 Å². The minimum Gasteiger partial charge on any atom is -0.481 e. The van der Waals surface area contributed by atoms with Gasteiger partial charge in [0.1, 0.15) is 16.9 Å². The van der Waals surface area contributed by atoms with Crippen molar-refractivity contribution in [2.45, 2.75) is 39.7 Å². The molecule has 0 heterocycles. The second-order valence-corrected chi connectivity index (χ2v) is 8.77. The van der Waals surface area contributed by atoms with Gasteiger partial charge in [0.05, 0.1) is 18.1 Å². The van der Waals surface area contributed by atoms with Crippen molar-refractivity contribution < 1.29 is 24.2 Å². The van der Waals surface area contributed by atoms with Crippen molar-refractivity contribution >= 4 is 11.9 Å². The van der Waals surface area contributed by atoms with E-state index in [0.717, 1.165) is 0 Å². The Hall–Kier alpha value is -3.59. The lowest BCUT2D eigenvalue weighted by atomic mass is 9.78. The second-order valence-electron chi connectivity index (χ2n) is 8.77. The summed E-state index contributed by atoms with van der Waals surface area (Å²) in [6, 6.07) is 18.4. The molecule has 0 saturated heterocycles. The monoisotopic (exact) mass is 433 g/mol. The summed E-state index contributed by atoms with van der Waals surface area (Å²) < 4.78 is 11.0. The van der Waals surface area contributed by atoms with Crippen LogP contribution in [-0.4, -0.2) is 23.1 Å². The van der Waals surface area contributed by atoms with Crippen molar-refractivity contribution in [2.24, 2.45) is 16.7 Å². The number of nitrogens with zero attached hydrogens (tertiary/aromatic N) is 1. The van der Waals surface area contributed by atoms with Crippen LogP contribution < -0.4 is 4.74 Å². The van der Waals surface area contributed by atoms with Crippen molar-refractivity contribution in [1.29, 1.82) is 5.26 Å². The lowest BCUT2D eigenvalue weighted by Gasteiger charge is -2.22. The van der Waals surface area contributed by atoms with Crippen LogP contribution in [-0.2, 0) is 14.3 Å². The van der Waals surface area contributed by atoms with E-state index in [1.807, 2.05) is 30.3 Å². The zero-order chi connectivity index (χ0) is 23.5. The highest BCUT2D eigenvalue weighted by molar-refractivity contribution is 5.86. The molecule has 32 heavy (non-hydrogen) atoms. The van der Waals surface area contributed by atoms with Crippen LogP contribution in [0, 0.1) is 28.1 Å². The third-order valence-corrected chi connectivity index (χ3v) is 6.14. The van der Waals surface area contributed by atoms with Crippen molar-refractivity contribution in [3.05, 3.63) is 72.3 Å². The average Bonchev–Trinajstić information content (AvgIpc) is 3.23. The number of carbonyl (C=O) groups excluding carboxylic acids is 1. The molecule has 0 unspecified atom stereocenters. The van der Waals surface area contributed by atoms with E-state index in [0.29, 0.717) is 17.1 Å². The quantitative estimate of drug-likeness (QED) is 0.447. The predicted molar refractivity (Wildman–Crippen MR) is 119 cm³/mol. The number of allylic oxidation sites excluding steroid dienone is 1. The molecule has 1 N–H and O–H groups in total. The SMILES string of the molecule is CC(C)OC(=O)/C=C\[C@H]1C(C)(C)[C@]1(C(=O)O)[C@@H](C#N)c1cccc(Oc2ccccc2)c1. The Morgan fingerprint density at radius 1 is 1.09 bits per heavy atom. The molecular weight excluding hydrogens is 406 g/mol. The van der Waals surface area contributed by atoms with Gasteiger partial charge in [0.15, 0.2) is 0 Å². The third kappa shape index (κ3) is 4.11. The molecule has 2 aromatic rings. The molecule has 0 aromatic heterocycles. The molecule has 0 bridgehead atoms. The van der Waals surface area contributed by atoms with E-state index in [2.05, 4.69) is 6.07 Å². The molecule has 166 valence electrons. The summed E-state index contributed by atoms with van der Waals surface area (Å²) in [5, 5.41) is 20.3. The summed E-state index contributed by atoms with van der Waals surface area (Å²) in [5.74, 6) is -1.91. The second kappa shape index (κ2) is 8.88. The predicted octanol–water partition coefficient (Wildman–Crippen LogP) is 5.32. The van der Waals surface area contributed by atoms with E-state index in [-0.39, 0.29) is 6.10 Å². The first-order chi connectivity index (χ1) is 15.1. The molecule has 1 aliphatic rings. The number of rotatable bonds is 8. The minimum absolute atomic E-state index is 0.275. The molecule has 0 spiro atoms. The van der Waals surface area contributed by atoms with Gasteiger partial charge in [0, 0.05) is 12.0 Å². The van der Waals surface area contributed by atoms with E-state index >= 15 is 0 Å². The zero-order valence-corrected chi connectivity index (χ0v) is 18.6. The number of esters is 1. The molecule has 1 saturated carbocycles. The van der Waals surface area contributed by atoms with Crippen LogP contribution in [0.1, 0.15) is 39.2 Å². The van der Waals surface area contributed by atoms with E-state index < -0.39 is 34.6 Å². The van der Waals surface area contributed by atoms with Crippen LogP contribution in [0.2, 0.25) is 0 Å². The fourth-order valence-corrected chi connectivity index (χ4v) is 4.58. The molecule has 2 aromatic carbocycles. The van der Waals surface area contributed by atoms with Crippen LogP contribution in [0.5, 0.6) is 11.5 Å². The minimum atomic E-state index is -1.39. The summed E-state index contributed by atoms with van der Waals surface area (Å²) in [5.41, 5.74) is -1.58. The van der Waals surface area contributed by atoms with Crippen molar-refractivity contribution in [3.8, 4) is 17.6 Å². The van der Waals surface area contributed by atoms with Crippen LogP contribution >= 0.6 is 0 Å². The third-order valence-electron chi connectivity index (χ3n) is 6.14. The van der Waals surface area contributed by atoms with Crippen LogP contribution in [0.4, 0.5) is 0 Å². The number of hydrogen-bond donors (Lipinski definition) is 1. The first-order valence-electron chi connectivity index (χ1n) is 10.5. The average molecular weight is 434 g/mol. The van der Waals surface area contributed by atoms with Crippen LogP contribution in [0.3, 0.4) is 0 Å². The van der Waals surface area contributed by atoms with E-state index in [1.165, 1.54) is 6.08 Å². The number of nitriles is 1. The number of benzene rings is 2. The fourth-order valence-electron chi connectivity index (χ4n) is 4.58. The van der Waals surface area contributed by atoms with Gasteiger partial charge in [-0.15, -0.1) is 0 Å². The molecule has 0 aliphatic heterocycles. The number of carboxylic acids is 1. The molecule has 3 atom stereocenters. The maximum Gasteiger partial charge on any atom is 0.330 e. The van der Waals surface area contributed by atoms with Gasteiger partial charge in [-0.05, 0) is 49.1 Å². The fraction of sp³-hybridized carbons (Fsp3) is 0.346. The molecule has 1 aliphatic carbocycles. The van der Waals surface area contributed by atoms with Gasteiger partial charge in [0.25, 0.3) is 0 Å². The lowest BCUT2D eigenvalue weighted by molar-refractivity contribution is -0.146. The van der Waals surface area contributed by atoms with Crippen LogP contribution in [0.25, 0.3) is 0 Å². The maximum atomic E-state index is 12.5. The Kier molecular flexibility index (Phi) is 6.40. The Morgan fingerprint density at radius 3 is 2.34 bits per heavy atom. The Labute approximate surface area is 188 Å².